The van der Waals surface area contributed by atoms with Crippen molar-refractivity contribution in [1.29, 1.82) is 0 Å². The number of halogens is 1. The molecule has 1 aliphatic rings. The molecule has 94 valence electrons. The molecule has 0 amide bonds. The summed E-state index contributed by atoms with van der Waals surface area (Å²) in [6.07, 6.45) is 2.34. The van der Waals surface area contributed by atoms with Gasteiger partial charge in [0.2, 0.25) is 0 Å². The number of rotatable bonds is 2. The molecule has 1 fully saturated rings. The average molecular weight is 255 g/mol. The SMILES string of the molecule is COc1ccc(N2CCCNCCC2)cc1Cl. The molecule has 17 heavy (non-hydrogen) atoms. The van der Waals surface area contributed by atoms with Gasteiger partial charge in [0.25, 0.3) is 0 Å². The van der Waals surface area contributed by atoms with Gasteiger partial charge in [-0.1, -0.05) is 11.6 Å². The maximum absolute atomic E-state index is 6.16. The van der Waals surface area contributed by atoms with Crippen LogP contribution in [0.3, 0.4) is 0 Å². The summed E-state index contributed by atoms with van der Waals surface area (Å²) < 4.78 is 5.17. The highest BCUT2D eigenvalue weighted by molar-refractivity contribution is 6.32. The van der Waals surface area contributed by atoms with Crippen LogP contribution in [-0.2, 0) is 0 Å². The summed E-state index contributed by atoms with van der Waals surface area (Å²) in [6.45, 7) is 4.35. The molecule has 2 rings (SSSR count). The summed E-state index contributed by atoms with van der Waals surface area (Å²) in [5, 5.41) is 4.10. The third-order valence-electron chi connectivity index (χ3n) is 3.06. The predicted molar refractivity (Wildman–Crippen MR) is 72.3 cm³/mol. The molecular weight excluding hydrogens is 236 g/mol. The maximum atomic E-state index is 6.16. The number of nitrogens with one attached hydrogen (secondary N) is 1. The lowest BCUT2D eigenvalue weighted by Gasteiger charge is -2.27. The average Bonchev–Trinajstić information content (AvgIpc) is 2.28. The van der Waals surface area contributed by atoms with Crippen molar-refractivity contribution >= 4 is 17.3 Å². The Bertz CT molecular complexity index is 362. The van der Waals surface area contributed by atoms with Crippen LogP contribution in [0.5, 0.6) is 5.75 Å². The van der Waals surface area contributed by atoms with E-state index in [-0.39, 0.29) is 0 Å². The minimum atomic E-state index is 0.685. The molecule has 0 bridgehead atoms. The summed E-state index contributed by atoms with van der Waals surface area (Å²) in [5.41, 5.74) is 1.19. The van der Waals surface area contributed by atoms with E-state index >= 15 is 0 Å². The molecule has 0 aliphatic carbocycles. The fourth-order valence-corrected chi connectivity index (χ4v) is 2.39. The van der Waals surface area contributed by atoms with E-state index in [9.17, 15) is 0 Å². The molecule has 1 aliphatic heterocycles. The molecule has 1 N–H and O–H groups in total. The maximum Gasteiger partial charge on any atom is 0.137 e. The van der Waals surface area contributed by atoms with Gasteiger partial charge in [0.15, 0.2) is 0 Å². The van der Waals surface area contributed by atoms with Crippen LogP contribution in [0.25, 0.3) is 0 Å². The zero-order valence-electron chi connectivity index (χ0n) is 10.2. The van der Waals surface area contributed by atoms with Gasteiger partial charge in [-0.3, -0.25) is 0 Å². The van der Waals surface area contributed by atoms with Gasteiger partial charge in [0.05, 0.1) is 12.1 Å². The van der Waals surface area contributed by atoms with Crippen molar-refractivity contribution in [3.63, 3.8) is 0 Å². The number of hydrogen-bond donors (Lipinski definition) is 1. The quantitative estimate of drug-likeness (QED) is 0.878. The normalized spacial score (nSPS) is 17.4. The van der Waals surface area contributed by atoms with Crippen LogP contribution in [0.15, 0.2) is 18.2 Å². The standard InChI is InChI=1S/C13H19ClN2O/c1-17-13-5-4-11(10-12(13)14)16-8-2-6-15-7-3-9-16/h4-5,10,15H,2-3,6-9H2,1H3. The molecule has 0 unspecified atom stereocenters. The second-order valence-corrected chi connectivity index (χ2v) is 4.67. The molecule has 0 aromatic heterocycles. The third-order valence-corrected chi connectivity index (χ3v) is 3.36. The van der Waals surface area contributed by atoms with Crippen molar-refractivity contribution < 1.29 is 4.74 Å². The lowest BCUT2D eigenvalue weighted by Crippen LogP contribution is -2.33. The first kappa shape index (κ1) is 12.5. The van der Waals surface area contributed by atoms with Crippen LogP contribution in [0, 0.1) is 0 Å². The number of hydrogen-bond acceptors (Lipinski definition) is 3. The number of benzene rings is 1. The van der Waals surface area contributed by atoms with Crippen molar-refractivity contribution in [2.45, 2.75) is 12.8 Å². The number of nitrogens with zero attached hydrogens (tertiary/aromatic N) is 1. The molecule has 1 heterocycles. The zero-order valence-corrected chi connectivity index (χ0v) is 11.0. The Kier molecular flexibility index (Phi) is 4.51. The minimum absolute atomic E-state index is 0.685. The van der Waals surface area contributed by atoms with Gasteiger partial charge in [-0.2, -0.15) is 0 Å². The zero-order chi connectivity index (χ0) is 12.1. The van der Waals surface area contributed by atoms with Crippen molar-refractivity contribution in [3.8, 4) is 5.75 Å². The highest BCUT2D eigenvalue weighted by Crippen LogP contribution is 2.29. The highest BCUT2D eigenvalue weighted by Gasteiger charge is 2.10. The van der Waals surface area contributed by atoms with E-state index in [2.05, 4.69) is 16.3 Å². The van der Waals surface area contributed by atoms with E-state index < -0.39 is 0 Å². The van der Waals surface area contributed by atoms with Gasteiger partial charge >= 0.3 is 0 Å². The Hall–Kier alpha value is -0.930. The Morgan fingerprint density at radius 2 is 1.94 bits per heavy atom. The first-order valence-electron chi connectivity index (χ1n) is 6.10. The Morgan fingerprint density at radius 1 is 1.24 bits per heavy atom. The van der Waals surface area contributed by atoms with E-state index in [0.717, 1.165) is 31.9 Å². The van der Waals surface area contributed by atoms with E-state index in [1.807, 2.05) is 12.1 Å². The molecule has 4 heteroatoms. The van der Waals surface area contributed by atoms with E-state index in [4.69, 9.17) is 16.3 Å². The molecule has 0 spiro atoms. The van der Waals surface area contributed by atoms with E-state index in [0.29, 0.717) is 5.02 Å². The summed E-state index contributed by atoms with van der Waals surface area (Å²) in [7, 11) is 1.64. The van der Waals surface area contributed by atoms with Gasteiger partial charge in [-0.15, -0.1) is 0 Å². The molecule has 1 aromatic carbocycles. The van der Waals surface area contributed by atoms with Crippen molar-refractivity contribution in [3.05, 3.63) is 23.2 Å². The van der Waals surface area contributed by atoms with Crippen molar-refractivity contribution in [1.82, 2.24) is 5.32 Å². The topological polar surface area (TPSA) is 24.5 Å². The van der Waals surface area contributed by atoms with Crippen molar-refractivity contribution in [2.24, 2.45) is 0 Å². The number of anilines is 1. The van der Waals surface area contributed by atoms with Crippen LogP contribution in [-0.4, -0.2) is 33.3 Å². The summed E-state index contributed by atoms with van der Waals surface area (Å²) in [4.78, 5) is 2.40. The summed E-state index contributed by atoms with van der Waals surface area (Å²) in [5.74, 6) is 0.740. The van der Waals surface area contributed by atoms with E-state index in [1.165, 1.54) is 18.5 Å². The Balaban J connectivity index is 2.11. The van der Waals surface area contributed by atoms with Crippen LogP contribution in [0.4, 0.5) is 5.69 Å². The Morgan fingerprint density at radius 3 is 2.53 bits per heavy atom. The Labute approximate surface area is 108 Å². The van der Waals surface area contributed by atoms with Gasteiger partial charge in [-0.05, 0) is 44.1 Å². The van der Waals surface area contributed by atoms with Crippen molar-refractivity contribution in [2.75, 3.05) is 38.2 Å². The van der Waals surface area contributed by atoms with Gasteiger partial charge < -0.3 is 15.0 Å². The second-order valence-electron chi connectivity index (χ2n) is 4.26. The smallest absolute Gasteiger partial charge is 0.137 e. The largest absolute Gasteiger partial charge is 0.495 e. The molecule has 0 radical (unpaired) electrons. The van der Waals surface area contributed by atoms with Crippen LogP contribution in [0.2, 0.25) is 5.02 Å². The molecule has 3 nitrogen and oxygen atoms in total. The molecule has 0 atom stereocenters. The van der Waals surface area contributed by atoms with Gasteiger partial charge in [0.1, 0.15) is 5.75 Å². The van der Waals surface area contributed by atoms with Gasteiger partial charge in [-0.25, -0.2) is 0 Å². The first-order valence-corrected chi connectivity index (χ1v) is 6.48. The monoisotopic (exact) mass is 254 g/mol. The molecule has 0 saturated carbocycles. The summed E-state index contributed by atoms with van der Waals surface area (Å²) >= 11 is 6.16. The lowest BCUT2D eigenvalue weighted by atomic mass is 10.2. The van der Waals surface area contributed by atoms with Crippen LogP contribution < -0.4 is 15.0 Å². The van der Waals surface area contributed by atoms with Gasteiger partial charge in [0, 0.05) is 18.8 Å². The van der Waals surface area contributed by atoms with E-state index in [1.54, 1.807) is 7.11 Å². The molecule has 1 saturated heterocycles. The molecule has 1 aromatic rings. The minimum Gasteiger partial charge on any atom is -0.495 e. The second kappa shape index (κ2) is 6.12. The fourth-order valence-electron chi connectivity index (χ4n) is 2.14. The highest BCUT2D eigenvalue weighted by atomic mass is 35.5. The number of ether oxygens (including phenoxy) is 1. The summed E-state index contributed by atoms with van der Waals surface area (Å²) in [6, 6.07) is 6.02. The molecular formula is C13H19ClN2O. The van der Waals surface area contributed by atoms with Crippen LogP contribution in [0.1, 0.15) is 12.8 Å². The first-order chi connectivity index (χ1) is 8.31. The third kappa shape index (κ3) is 3.27. The van der Waals surface area contributed by atoms with Crippen LogP contribution >= 0.6 is 11.6 Å². The number of methoxy groups -OCH3 is 1. The predicted octanol–water partition coefficient (Wildman–Crippen LogP) is 2.54. The lowest BCUT2D eigenvalue weighted by molar-refractivity contribution is 0.415. The fraction of sp³-hybridized carbons (Fsp3) is 0.538.